The zero-order valence-electron chi connectivity index (χ0n) is 18.2. The molecular formula is C24H26FN7S. The van der Waals surface area contributed by atoms with E-state index in [4.69, 9.17) is 17.3 Å². The van der Waals surface area contributed by atoms with Crippen molar-refractivity contribution in [3.8, 4) is 21.7 Å². The SMILES string of the molecule is CC(N)c1ccccc1-c1cccc2cc(-c3nc(NCCN(N)/C=C\N)ncc3F)sc12. The first kappa shape index (κ1) is 22.7. The number of benzene rings is 2. The number of anilines is 1. The van der Waals surface area contributed by atoms with E-state index in [9.17, 15) is 4.39 Å². The first-order valence-electron chi connectivity index (χ1n) is 10.5. The molecule has 4 aromatic rings. The highest BCUT2D eigenvalue weighted by atomic mass is 32.1. The van der Waals surface area contributed by atoms with E-state index in [0.29, 0.717) is 19.0 Å². The number of aromatic nitrogens is 2. The number of hydrogen-bond acceptors (Lipinski definition) is 8. The van der Waals surface area contributed by atoms with E-state index in [1.54, 1.807) is 6.20 Å². The number of hydrazine groups is 1. The molecule has 0 fully saturated rings. The fourth-order valence-corrected chi connectivity index (χ4v) is 4.82. The smallest absolute Gasteiger partial charge is 0.223 e. The Balaban J connectivity index is 1.68. The number of rotatable bonds is 8. The second-order valence-corrected chi connectivity index (χ2v) is 8.66. The summed E-state index contributed by atoms with van der Waals surface area (Å²) in [6, 6.07) is 16.1. The Kier molecular flexibility index (Phi) is 6.83. The molecule has 1 atom stereocenters. The van der Waals surface area contributed by atoms with Crippen LogP contribution < -0.4 is 22.6 Å². The average molecular weight is 464 g/mol. The van der Waals surface area contributed by atoms with Gasteiger partial charge in [-0.05, 0) is 35.1 Å². The normalized spacial score (nSPS) is 12.4. The van der Waals surface area contributed by atoms with Gasteiger partial charge in [-0.1, -0.05) is 42.5 Å². The molecule has 0 aliphatic heterocycles. The third-order valence-electron chi connectivity index (χ3n) is 5.19. The van der Waals surface area contributed by atoms with Gasteiger partial charge in [-0.15, -0.1) is 11.3 Å². The summed E-state index contributed by atoms with van der Waals surface area (Å²) in [6.07, 6.45) is 4.09. The van der Waals surface area contributed by atoms with Crippen molar-refractivity contribution in [2.45, 2.75) is 13.0 Å². The Morgan fingerprint density at radius 3 is 2.76 bits per heavy atom. The molecular weight excluding hydrogens is 437 g/mol. The van der Waals surface area contributed by atoms with Crippen molar-refractivity contribution in [2.24, 2.45) is 17.3 Å². The van der Waals surface area contributed by atoms with Crippen molar-refractivity contribution in [3.63, 3.8) is 0 Å². The number of halogens is 1. The van der Waals surface area contributed by atoms with Gasteiger partial charge in [-0.25, -0.2) is 20.2 Å². The minimum Gasteiger partial charge on any atom is -0.403 e. The van der Waals surface area contributed by atoms with E-state index in [1.807, 2.05) is 43.3 Å². The monoisotopic (exact) mass is 463 g/mol. The minimum atomic E-state index is -0.476. The maximum atomic E-state index is 14.7. The van der Waals surface area contributed by atoms with Gasteiger partial charge in [0.15, 0.2) is 5.82 Å². The molecule has 0 saturated carbocycles. The Bertz CT molecular complexity index is 1290. The molecule has 4 rings (SSSR count). The predicted octanol–water partition coefficient (Wildman–Crippen LogP) is 4.20. The van der Waals surface area contributed by atoms with Gasteiger partial charge in [-0.3, -0.25) is 0 Å². The van der Waals surface area contributed by atoms with Crippen molar-refractivity contribution in [1.82, 2.24) is 15.0 Å². The molecule has 2 heterocycles. The van der Waals surface area contributed by atoms with Crippen molar-refractivity contribution >= 4 is 27.4 Å². The summed E-state index contributed by atoms with van der Waals surface area (Å²) in [4.78, 5) is 9.20. The van der Waals surface area contributed by atoms with Crippen LogP contribution in [0, 0.1) is 5.82 Å². The van der Waals surface area contributed by atoms with Crippen LogP contribution in [0.4, 0.5) is 10.3 Å². The molecule has 33 heavy (non-hydrogen) atoms. The highest BCUT2D eigenvalue weighted by Gasteiger charge is 2.17. The summed E-state index contributed by atoms with van der Waals surface area (Å²) >= 11 is 1.50. The van der Waals surface area contributed by atoms with Gasteiger partial charge in [0.1, 0.15) is 5.69 Å². The first-order valence-corrected chi connectivity index (χ1v) is 11.3. The van der Waals surface area contributed by atoms with E-state index in [-0.39, 0.29) is 11.7 Å². The van der Waals surface area contributed by atoms with E-state index in [1.165, 1.54) is 28.7 Å². The van der Waals surface area contributed by atoms with Crippen LogP contribution in [0.3, 0.4) is 0 Å². The zero-order valence-corrected chi connectivity index (χ0v) is 19.0. The molecule has 9 heteroatoms. The topological polar surface area (TPSA) is 119 Å². The molecule has 2 aromatic carbocycles. The molecule has 170 valence electrons. The highest BCUT2D eigenvalue weighted by Crippen LogP contribution is 2.41. The average Bonchev–Trinajstić information content (AvgIpc) is 3.24. The lowest BCUT2D eigenvalue weighted by atomic mass is 9.95. The van der Waals surface area contributed by atoms with E-state index in [0.717, 1.165) is 31.7 Å². The minimum absolute atomic E-state index is 0.103. The van der Waals surface area contributed by atoms with Crippen LogP contribution in [-0.2, 0) is 0 Å². The maximum absolute atomic E-state index is 14.7. The number of thiophene rings is 1. The highest BCUT2D eigenvalue weighted by molar-refractivity contribution is 7.22. The van der Waals surface area contributed by atoms with Crippen molar-refractivity contribution in [1.29, 1.82) is 0 Å². The van der Waals surface area contributed by atoms with E-state index >= 15 is 0 Å². The second kappa shape index (κ2) is 9.95. The molecule has 0 amide bonds. The lowest BCUT2D eigenvalue weighted by Crippen LogP contribution is -2.30. The van der Waals surface area contributed by atoms with Crippen LogP contribution in [0.2, 0.25) is 0 Å². The summed E-state index contributed by atoms with van der Waals surface area (Å²) in [5.41, 5.74) is 15.0. The summed E-state index contributed by atoms with van der Waals surface area (Å²) in [6.45, 7) is 2.92. The number of nitrogens with zero attached hydrogens (tertiary/aromatic N) is 3. The quantitative estimate of drug-likeness (QED) is 0.228. The van der Waals surface area contributed by atoms with Crippen LogP contribution in [0.5, 0.6) is 0 Å². The number of nitrogens with one attached hydrogen (secondary N) is 1. The van der Waals surface area contributed by atoms with Gasteiger partial charge in [-0.2, -0.15) is 0 Å². The van der Waals surface area contributed by atoms with Crippen LogP contribution in [0.15, 0.2) is 67.1 Å². The predicted molar refractivity (Wildman–Crippen MR) is 134 cm³/mol. The van der Waals surface area contributed by atoms with Gasteiger partial charge in [0.2, 0.25) is 5.95 Å². The lowest BCUT2D eigenvalue weighted by molar-refractivity contribution is 0.408. The standard InChI is InChI=1S/C24H26FN7S/c1-15(27)17-6-2-3-7-18(17)19-8-4-5-16-13-21(33-23(16)19)22-20(25)14-30-24(31-22)29-10-12-32(28)11-9-26/h2-9,11,13-15H,10,12,26-28H2,1H3,(H,29,30,31)/b11-9-. The van der Waals surface area contributed by atoms with Gasteiger partial charge in [0.25, 0.3) is 0 Å². The molecule has 0 spiro atoms. The fourth-order valence-electron chi connectivity index (χ4n) is 3.64. The van der Waals surface area contributed by atoms with E-state index < -0.39 is 5.82 Å². The summed E-state index contributed by atoms with van der Waals surface area (Å²) in [5, 5.41) is 5.52. The zero-order chi connectivity index (χ0) is 23.4. The summed E-state index contributed by atoms with van der Waals surface area (Å²) in [5.74, 6) is 5.60. The lowest BCUT2D eigenvalue weighted by Gasteiger charge is -2.13. The number of fused-ring (bicyclic) bond motifs is 1. The third kappa shape index (κ3) is 4.95. The van der Waals surface area contributed by atoms with Crippen molar-refractivity contribution in [2.75, 3.05) is 18.4 Å². The van der Waals surface area contributed by atoms with Gasteiger partial charge in [0.05, 0.1) is 17.6 Å². The van der Waals surface area contributed by atoms with Gasteiger partial charge in [0, 0.05) is 29.7 Å². The second-order valence-electron chi connectivity index (χ2n) is 7.61. The Morgan fingerprint density at radius 1 is 1.18 bits per heavy atom. The largest absolute Gasteiger partial charge is 0.403 e. The molecule has 0 aliphatic carbocycles. The molecule has 0 saturated heterocycles. The molecule has 0 radical (unpaired) electrons. The Labute approximate surface area is 195 Å². The Hall–Kier alpha value is -3.53. The molecule has 0 aliphatic rings. The van der Waals surface area contributed by atoms with Crippen molar-refractivity contribution in [3.05, 3.63) is 78.5 Å². The van der Waals surface area contributed by atoms with Crippen LogP contribution in [0.1, 0.15) is 18.5 Å². The number of hydrogen-bond donors (Lipinski definition) is 4. The van der Waals surface area contributed by atoms with Crippen molar-refractivity contribution < 1.29 is 4.39 Å². The molecule has 2 aromatic heterocycles. The van der Waals surface area contributed by atoms with Gasteiger partial charge >= 0.3 is 0 Å². The summed E-state index contributed by atoms with van der Waals surface area (Å²) < 4.78 is 15.8. The molecule has 7 nitrogen and oxygen atoms in total. The summed E-state index contributed by atoms with van der Waals surface area (Å²) in [7, 11) is 0. The van der Waals surface area contributed by atoms with Crippen LogP contribution in [0.25, 0.3) is 31.8 Å². The maximum Gasteiger partial charge on any atom is 0.223 e. The first-order chi connectivity index (χ1) is 16.0. The Morgan fingerprint density at radius 2 is 1.97 bits per heavy atom. The van der Waals surface area contributed by atoms with Crippen LogP contribution in [-0.4, -0.2) is 28.1 Å². The van der Waals surface area contributed by atoms with Crippen LogP contribution >= 0.6 is 11.3 Å². The van der Waals surface area contributed by atoms with Gasteiger partial charge < -0.3 is 21.8 Å². The van der Waals surface area contributed by atoms with E-state index in [2.05, 4.69) is 27.4 Å². The number of nitrogens with two attached hydrogens (primary N) is 3. The molecule has 1 unspecified atom stereocenters. The fraction of sp³-hybridized carbons (Fsp3) is 0.167. The molecule has 0 bridgehead atoms. The third-order valence-corrected chi connectivity index (χ3v) is 6.38. The molecule has 7 N–H and O–H groups in total.